The Morgan fingerprint density at radius 2 is 1.84 bits per heavy atom. The van der Waals surface area contributed by atoms with Crippen molar-refractivity contribution < 1.29 is 14.6 Å². The molecule has 2 aromatic carbocycles. The van der Waals surface area contributed by atoms with Crippen LogP contribution in [0, 0.1) is 0 Å². The lowest BCUT2D eigenvalue weighted by molar-refractivity contribution is 0.135. The summed E-state index contributed by atoms with van der Waals surface area (Å²) in [7, 11) is 0. The second kappa shape index (κ2) is 8.09. The van der Waals surface area contributed by atoms with Crippen LogP contribution < -0.4 is 14.8 Å². The van der Waals surface area contributed by atoms with Crippen LogP contribution in [0.2, 0.25) is 0 Å². The van der Waals surface area contributed by atoms with E-state index in [1.54, 1.807) is 0 Å². The van der Waals surface area contributed by atoms with Gasteiger partial charge in [-0.1, -0.05) is 36.4 Å². The van der Waals surface area contributed by atoms with Crippen LogP contribution in [0.3, 0.4) is 0 Å². The van der Waals surface area contributed by atoms with E-state index in [1.807, 2.05) is 36.4 Å². The lowest BCUT2D eigenvalue weighted by Crippen LogP contribution is -2.34. The van der Waals surface area contributed by atoms with Gasteiger partial charge in [0.25, 0.3) is 0 Å². The van der Waals surface area contributed by atoms with Gasteiger partial charge in [-0.05, 0) is 48.9 Å². The van der Waals surface area contributed by atoms with E-state index in [1.165, 1.54) is 5.56 Å². The molecule has 0 saturated carbocycles. The quantitative estimate of drug-likeness (QED) is 0.854. The van der Waals surface area contributed by atoms with Gasteiger partial charge in [-0.2, -0.15) is 0 Å². The summed E-state index contributed by atoms with van der Waals surface area (Å²) in [5.41, 5.74) is 2.26. The molecule has 0 spiro atoms. The highest BCUT2D eigenvalue weighted by Gasteiger charge is 2.29. The highest BCUT2D eigenvalue weighted by Crippen LogP contribution is 2.33. The van der Waals surface area contributed by atoms with Crippen LogP contribution in [0.1, 0.15) is 36.5 Å². The molecule has 25 heavy (non-hydrogen) atoms. The first-order chi connectivity index (χ1) is 11.8. The van der Waals surface area contributed by atoms with Gasteiger partial charge < -0.3 is 19.9 Å². The molecule has 0 radical (unpaired) electrons. The summed E-state index contributed by atoms with van der Waals surface area (Å²) >= 11 is 0. The normalized spacial score (nSPS) is 22.4. The molecule has 5 heteroatoms. The summed E-state index contributed by atoms with van der Waals surface area (Å²) in [4.78, 5) is 0. The second-order valence-electron chi connectivity index (χ2n) is 6.63. The SMILES string of the molecule is Cl.OC(c1ccccc1)C1CCC(CCc2ccc3c(c2)OCO3)N1. The number of ether oxygens (including phenoxy) is 2. The van der Waals surface area contributed by atoms with Crippen molar-refractivity contribution in [3.05, 3.63) is 59.7 Å². The van der Waals surface area contributed by atoms with Crippen molar-refractivity contribution in [1.29, 1.82) is 0 Å². The molecule has 3 unspecified atom stereocenters. The molecule has 2 aliphatic rings. The Kier molecular flexibility index (Phi) is 5.84. The van der Waals surface area contributed by atoms with Gasteiger partial charge in [-0.3, -0.25) is 0 Å². The third-order valence-corrected chi connectivity index (χ3v) is 5.02. The predicted octanol–water partition coefficient (Wildman–Crippen LogP) is 3.62. The van der Waals surface area contributed by atoms with Crippen LogP contribution >= 0.6 is 12.4 Å². The lowest BCUT2D eigenvalue weighted by Gasteiger charge is -2.20. The van der Waals surface area contributed by atoms with E-state index >= 15 is 0 Å². The van der Waals surface area contributed by atoms with Gasteiger partial charge in [0.05, 0.1) is 6.10 Å². The molecule has 0 amide bonds. The maximum Gasteiger partial charge on any atom is 0.231 e. The van der Waals surface area contributed by atoms with Gasteiger partial charge in [0.15, 0.2) is 11.5 Å². The van der Waals surface area contributed by atoms with E-state index in [2.05, 4.69) is 17.4 Å². The average molecular weight is 362 g/mol. The number of halogens is 1. The first-order valence-electron chi connectivity index (χ1n) is 8.67. The zero-order chi connectivity index (χ0) is 16.4. The number of benzene rings is 2. The molecule has 4 rings (SSSR count). The van der Waals surface area contributed by atoms with Crippen LogP contribution in [0.5, 0.6) is 11.5 Å². The molecule has 2 aromatic rings. The van der Waals surface area contributed by atoms with E-state index in [9.17, 15) is 5.11 Å². The highest BCUT2D eigenvalue weighted by molar-refractivity contribution is 5.85. The van der Waals surface area contributed by atoms with Crippen molar-refractivity contribution in [3.8, 4) is 11.5 Å². The molecule has 134 valence electrons. The zero-order valence-corrected chi connectivity index (χ0v) is 14.9. The van der Waals surface area contributed by atoms with Crippen molar-refractivity contribution in [2.24, 2.45) is 0 Å². The molecule has 3 atom stereocenters. The molecular formula is C20H24ClNO3. The molecule has 0 bridgehead atoms. The number of rotatable bonds is 5. The van der Waals surface area contributed by atoms with Gasteiger partial charge in [0.1, 0.15) is 0 Å². The fourth-order valence-electron chi connectivity index (χ4n) is 3.65. The third kappa shape index (κ3) is 4.09. The Morgan fingerprint density at radius 1 is 1.04 bits per heavy atom. The highest BCUT2D eigenvalue weighted by atomic mass is 35.5. The molecule has 0 aliphatic carbocycles. The van der Waals surface area contributed by atoms with Gasteiger partial charge in [-0.15, -0.1) is 12.4 Å². The summed E-state index contributed by atoms with van der Waals surface area (Å²) in [6.07, 6.45) is 3.77. The van der Waals surface area contributed by atoms with E-state index in [0.717, 1.165) is 42.7 Å². The van der Waals surface area contributed by atoms with E-state index in [0.29, 0.717) is 12.8 Å². The molecule has 1 fully saturated rings. The Hall–Kier alpha value is -1.75. The average Bonchev–Trinajstić information content (AvgIpc) is 3.29. The Bertz CT molecular complexity index is 695. The molecule has 2 heterocycles. The standard InChI is InChI=1S/C20H23NO3.ClH/c22-20(15-4-2-1-3-5-15)17-10-9-16(21-17)8-6-14-7-11-18-19(12-14)24-13-23-18;/h1-5,7,11-12,16-17,20-22H,6,8-10,13H2;1H. The molecular weight excluding hydrogens is 338 g/mol. The minimum atomic E-state index is -0.429. The maximum atomic E-state index is 10.5. The van der Waals surface area contributed by atoms with Crippen molar-refractivity contribution >= 4 is 12.4 Å². The molecule has 2 aliphatic heterocycles. The van der Waals surface area contributed by atoms with E-state index in [-0.39, 0.29) is 18.4 Å². The molecule has 2 N–H and O–H groups in total. The number of aliphatic hydroxyl groups excluding tert-OH is 1. The zero-order valence-electron chi connectivity index (χ0n) is 14.1. The summed E-state index contributed by atoms with van der Waals surface area (Å²) < 4.78 is 10.8. The fraction of sp³-hybridized carbons (Fsp3) is 0.400. The minimum Gasteiger partial charge on any atom is -0.454 e. The lowest BCUT2D eigenvalue weighted by atomic mass is 10.0. The minimum absolute atomic E-state index is 0. The van der Waals surface area contributed by atoms with Crippen molar-refractivity contribution in [3.63, 3.8) is 0 Å². The number of aryl methyl sites for hydroxylation is 1. The predicted molar refractivity (Wildman–Crippen MR) is 99.5 cm³/mol. The number of nitrogens with one attached hydrogen (secondary N) is 1. The molecule has 0 aromatic heterocycles. The second-order valence-corrected chi connectivity index (χ2v) is 6.63. The number of aliphatic hydroxyl groups is 1. The van der Waals surface area contributed by atoms with Gasteiger partial charge in [-0.25, -0.2) is 0 Å². The first-order valence-corrected chi connectivity index (χ1v) is 8.67. The molecule has 4 nitrogen and oxygen atoms in total. The van der Waals surface area contributed by atoms with E-state index < -0.39 is 6.10 Å². The number of hydrogen-bond acceptors (Lipinski definition) is 4. The molecule has 1 saturated heterocycles. The summed E-state index contributed by atoms with van der Waals surface area (Å²) in [6.45, 7) is 0.321. The third-order valence-electron chi connectivity index (χ3n) is 5.02. The fourth-order valence-corrected chi connectivity index (χ4v) is 3.65. The number of hydrogen-bond donors (Lipinski definition) is 2. The summed E-state index contributed by atoms with van der Waals surface area (Å²) in [6, 6.07) is 16.7. The van der Waals surface area contributed by atoms with Crippen LogP contribution in [0.25, 0.3) is 0 Å². The van der Waals surface area contributed by atoms with Crippen LogP contribution in [-0.2, 0) is 6.42 Å². The van der Waals surface area contributed by atoms with Gasteiger partial charge in [0.2, 0.25) is 6.79 Å². The Balaban J connectivity index is 0.00000182. The van der Waals surface area contributed by atoms with Crippen LogP contribution in [-0.4, -0.2) is 24.0 Å². The monoisotopic (exact) mass is 361 g/mol. The maximum absolute atomic E-state index is 10.5. The van der Waals surface area contributed by atoms with E-state index in [4.69, 9.17) is 9.47 Å². The summed E-state index contributed by atoms with van der Waals surface area (Å²) in [5, 5.41) is 14.1. The number of fused-ring (bicyclic) bond motifs is 1. The Labute approximate surface area is 154 Å². The largest absolute Gasteiger partial charge is 0.454 e. The van der Waals surface area contributed by atoms with Crippen molar-refractivity contribution in [1.82, 2.24) is 5.32 Å². The van der Waals surface area contributed by atoms with Crippen LogP contribution in [0.15, 0.2) is 48.5 Å². The topological polar surface area (TPSA) is 50.7 Å². The summed E-state index contributed by atoms with van der Waals surface area (Å²) in [5.74, 6) is 1.69. The van der Waals surface area contributed by atoms with Crippen molar-refractivity contribution in [2.45, 2.75) is 43.9 Å². The van der Waals surface area contributed by atoms with Crippen molar-refractivity contribution in [2.75, 3.05) is 6.79 Å². The Morgan fingerprint density at radius 3 is 2.68 bits per heavy atom. The van der Waals surface area contributed by atoms with Gasteiger partial charge in [0, 0.05) is 12.1 Å². The first kappa shape index (κ1) is 18.1. The van der Waals surface area contributed by atoms with Crippen LogP contribution in [0.4, 0.5) is 0 Å². The van der Waals surface area contributed by atoms with Gasteiger partial charge >= 0.3 is 0 Å². The smallest absolute Gasteiger partial charge is 0.231 e.